The van der Waals surface area contributed by atoms with Crippen LogP contribution < -0.4 is 16.2 Å². The summed E-state index contributed by atoms with van der Waals surface area (Å²) in [6.07, 6.45) is 9.76. The highest BCUT2D eigenvalue weighted by atomic mass is 16.5. The number of hydrogen-bond acceptors (Lipinski definition) is 8. The van der Waals surface area contributed by atoms with Gasteiger partial charge >= 0.3 is 0 Å². The van der Waals surface area contributed by atoms with E-state index < -0.39 is 0 Å². The lowest BCUT2D eigenvalue weighted by Crippen LogP contribution is -2.36. The van der Waals surface area contributed by atoms with Crippen molar-refractivity contribution in [2.24, 2.45) is 13.0 Å². The van der Waals surface area contributed by atoms with E-state index in [1.807, 2.05) is 72.0 Å². The molecule has 2 saturated heterocycles. The number of piperidine rings is 1. The zero-order valence-corrected chi connectivity index (χ0v) is 26.9. The van der Waals surface area contributed by atoms with Crippen molar-refractivity contribution in [2.75, 3.05) is 44.0 Å². The van der Waals surface area contributed by atoms with Crippen LogP contribution >= 0.6 is 0 Å². The monoisotopic (exact) mass is 618 g/mol. The highest BCUT2D eigenvalue weighted by molar-refractivity contribution is 5.83. The molecule has 0 saturated carbocycles. The Kier molecular flexibility index (Phi) is 8.55. The fourth-order valence-electron chi connectivity index (χ4n) is 6.64. The molecule has 2 aliphatic heterocycles. The number of nitrogens with zero attached hydrogens (tertiary/aromatic N) is 6. The number of hydrogen-bond donors (Lipinski definition) is 2. The summed E-state index contributed by atoms with van der Waals surface area (Å²) < 4.78 is 9.50. The molecule has 0 spiro atoms. The van der Waals surface area contributed by atoms with Gasteiger partial charge in [0.15, 0.2) is 0 Å². The minimum Gasteiger partial charge on any atom is -0.382 e. The van der Waals surface area contributed by atoms with Crippen LogP contribution in [-0.4, -0.2) is 68.4 Å². The molecule has 238 valence electrons. The molecule has 46 heavy (non-hydrogen) atoms. The summed E-state index contributed by atoms with van der Waals surface area (Å²) in [7, 11) is 4.18. The number of likely N-dealkylation sites (tertiary alicyclic amines) is 1. The fourth-order valence-corrected chi connectivity index (χ4v) is 6.64. The third kappa shape index (κ3) is 6.41. The summed E-state index contributed by atoms with van der Waals surface area (Å²) >= 11 is 0. The molecule has 0 unspecified atom stereocenters. The van der Waals surface area contributed by atoms with Gasteiger partial charge in [-0.25, -0.2) is 4.98 Å². The summed E-state index contributed by atoms with van der Waals surface area (Å²) in [5, 5.41) is 7.84. The van der Waals surface area contributed by atoms with Crippen molar-refractivity contribution >= 4 is 28.4 Å². The van der Waals surface area contributed by atoms with Crippen molar-refractivity contribution in [3.63, 3.8) is 0 Å². The second-order valence-electron chi connectivity index (χ2n) is 12.8. The molecule has 0 aliphatic carbocycles. The van der Waals surface area contributed by atoms with Crippen LogP contribution in [0.15, 0.2) is 71.9 Å². The molecular weight excluding hydrogens is 576 g/mol. The number of pyridine rings is 2. The van der Waals surface area contributed by atoms with Crippen LogP contribution in [0.3, 0.4) is 0 Å². The van der Waals surface area contributed by atoms with Crippen molar-refractivity contribution in [1.29, 1.82) is 0 Å². The summed E-state index contributed by atoms with van der Waals surface area (Å²) in [6.45, 7) is 6.28. The van der Waals surface area contributed by atoms with E-state index in [4.69, 9.17) is 14.7 Å². The van der Waals surface area contributed by atoms with Gasteiger partial charge in [0.1, 0.15) is 5.65 Å². The molecular formula is C36H42N8O2. The summed E-state index contributed by atoms with van der Waals surface area (Å²) in [6, 6.07) is 16.8. The van der Waals surface area contributed by atoms with Gasteiger partial charge < -0.3 is 24.8 Å². The van der Waals surface area contributed by atoms with Crippen molar-refractivity contribution in [2.45, 2.75) is 45.2 Å². The molecule has 7 rings (SSSR count). The Labute approximate surface area is 269 Å². The van der Waals surface area contributed by atoms with Crippen LogP contribution in [0.5, 0.6) is 0 Å². The average Bonchev–Trinajstić information content (AvgIpc) is 3.51. The summed E-state index contributed by atoms with van der Waals surface area (Å²) in [5.41, 5.74) is 6.90. The smallest absolute Gasteiger partial charge is 0.260 e. The van der Waals surface area contributed by atoms with Gasteiger partial charge in [-0.05, 0) is 113 Å². The van der Waals surface area contributed by atoms with Crippen LogP contribution in [-0.2, 0) is 18.3 Å². The maximum absolute atomic E-state index is 14.3. The predicted molar refractivity (Wildman–Crippen MR) is 184 cm³/mol. The number of aromatic nitrogens is 5. The first-order valence-corrected chi connectivity index (χ1v) is 16.3. The van der Waals surface area contributed by atoms with Crippen LogP contribution in [0.1, 0.15) is 31.2 Å². The van der Waals surface area contributed by atoms with Crippen LogP contribution in [0, 0.1) is 12.8 Å². The molecule has 0 bridgehead atoms. The summed E-state index contributed by atoms with van der Waals surface area (Å²) in [5.74, 6) is 0.793. The first-order chi connectivity index (χ1) is 22.4. The molecule has 5 aromatic rings. The standard InChI is InChI=1S/C36H42N8O2/c1-24-19-32(33-5-4-14-43(33)3)37-22-31(24)30-20-26-21-38-36(41-34(26)44(35(30)45)23-25-12-17-46-18-13-25)40-28-8-6-27(7-9-28)39-29-10-15-42(2)16-11-29/h4-9,14,19-22,25,29,39H,10-13,15-18,23H2,1-3H3,(H,38,40,41). The highest BCUT2D eigenvalue weighted by Gasteiger charge is 2.21. The van der Waals surface area contributed by atoms with E-state index in [0.29, 0.717) is 48.9 Å². The zero-order valence-electron chi connectivity index (χ0n) is 26.9. The molecule has 10 heteroatoms. The van der Waals surface area contributed by atoms with Gasteiger partial charge in [-0.3, -0.25) is 14.3 Å². The fraction of sp³-hybridized carbons (Fsp3) is 0.389. The molecule has 4 aromatic heterocycles. The van der Waals surface area contributed by atoms with Crippen LogP contribution in [0.25, 0.3) is 33.5 Å². The third-order valence-electron chi connectivity index (χ3n) is 9.45. The summed E-state index contributed by atoms with van der Waals surface area (Å²) in [4.78, 5) is 31.0. The first kappa shape index (κ1) is 30.1. The molecule has 6 heterocycles. The Hall–Kier alpha value is -4.54. The molecule has 2 fully saturated rings. The maximum atomic E-state index is 14.3. The predicted octanol–water partition coefficient (Wildman–Crippen LogP) is 5.84. The van der Waals surface area contributed by atoms with Crippen molar-refractivity contribution in [3.8, 4) is 22.5 Å². The lowest BCUT2D eigenvalue weighted by atomic mass is 9.99. The Morgan fingerprint density at radius 3 is 2.39 bits per heavy atom. The first-order valence-electron chi connectivity index (χ1n) is 16.3. The third-order valence-corrected chi connectivity index (χ3v) is 9.45. The van der Waals surface area contributed by atoms with E-state index in [2.05, 4.69) is 45.8 Å². The number of nitrogens with one attached hydrogen (secondary N) is 2. The van der Waals surface area contributed by atoms with E-state index in [0.717, 1.165) is 78.0 Å². The van der Waals surface area contributed by atoms with E-state index in [1.54, 1.807) is 0 Å². The number of ether oxygens (including phenoxy) is 1. The van der Waals surface area contributed by atoms with Gasteiger partial charge in [0.2, 0.25) is 5.95 Å². The minimum atomic E-state index is -0.0653. The van der Waals surface area contributed by atoms with Crippen molar-refractivity contribution < 1.29 is 4.74 Å². The van der Waals surface area contributed by atoms with Crippen LogP contribution in [0.2, 0.25) is 0 Å². The second-order valence-corrected chi connectivity index (χ2v) is 12.8. The van der Waals surface area contributed by atoms with E-state index >= 15 is 0 Å². The van der Waals surface area contributed by atoms with Gasteiger partial charge in [0.05, 0.1) is 11.4 Å². The lowest BCUT2D eigenvalue weighted by molar-refractivity contribution is 0.0613. The highest BCUT2D eigenvalue weighted by Crippen LogP contribution is 2.28. The van der Waals surface area contributed by atoms with Gasteiger partial charge in [-0.15, -0.1) is 0 Å². The molecule has 2 aliphatic rings. The Bertz CT molecular complexity index is 1880. The lowest BCUT2D eigenvalue weighted by Gasteiger charge is -2.30. The Balaban J connectivity index is 1.19. The largest absolute Gasteiger partial charge is 0.382 e. The average molecular weight is 619 g/mol. The number of benzene rings is 1. The Morgan fingerprint density at radius 2 is 1.67 bits per heavy atom. The van der Waals surface area contributed by atoms with Crippen molar-refractivity contribution in [3.05, 3.63) is 83.0 Å². The topological polar surface area (TPSA) is 102 Å². The minimum absolute atomic E-state index is 0.0653. The number of rotatable bonds is 8. The zero-order chi connectivity index (χ0) is 31.6. The molecule has 0 atom stereocenters. The van der Waals surface area contributed by atoms with Gasteiger partial charge in [-0.1, -0.05) is 0 Å². The van der Waals surface area contributed by atoms with Gasteiger partial charge in [0, 0.05) is 79.3 Å². The molecule has 1 aromatic carbocycles. The quantitative estimate of drug-likeness (QED) is 0.224. The normalized spacial score (nSPS) is 16.6. The molecule has 0 radical (unpaired) electrons. The number of aryl methyl sites for hydroxylation is 2. The second kappa shape index (κ2) is 13.1. The number of anilines is 3. The Morgan fingerprint density at radius 1 is 0.913 bits per heavy atom. The van der Waals surface area contributed by atoms with Crippen molar-refractivity contribution in [1.82, 2.24) is 29.0 Å². The SMILES string of the molecule is Cc1cc(-c2cccn2C)ncc1-c1cc2cnc(Nc3ccc(NC4CCN(C)CC4)cc3)nc2n(CC2CCOCC2)c1=O. The van der Waals surface area contributed by atoms with E-state index in [-0.39, 0.29) is 5.56 Å². The van der Waals surface area contributed by atoms with Gasteiger partial charge in [0.25, 0.3) is 5.56 Å². The van der Waals surface area contributed by atoms with Gasteiger partial charge in [-0.2, -0.15) is 4.98 Å². The van der Waals surface area contributed by atoms with Crippen LogP contribution in [0.4, 0.5) is 17.3 Å². The van der Waals surface area contributed by atoms with E-state index in [9.17, 15) is 4.79 Å². The number of fused-ring (bicyclic) bond motifs is 1. The molecule has 0 amide bonds. The molecule has 10 nitrogen and oxygen atoms in total. The molecule has 2 N–H and O–H groups in total. The maximum Gasteiger partial charge on any atom is 0.260 e. The van der Waals surface area contributed by atoms with E-state index in [1.165, 1.54) is 0 Å².